The Morgan fingerprint density at radius 3 is 2.48 bits per heavy atom. The minimum atomic E-state index is 0.330. The molecule has 2 heterocycles. The van der Waals surface area contributed by atoms with Crippen LogP contribution in [-0.4, -0.2) is 36.0 Å². The minimum Gasteiger partial charge on any atom is -0.495 e. The summed E-state index contributed by atoms with van der Waals surface area (Å²) < 4.78 is 7.49. The van der Waals surface area contributed by atoms with E-state index in [1.807, 2.05) is 23.9 Å². The first-order valence-electron chi connectivity index (χ1n) is 9.15. The van der Waals surface area contributed by atoms with Crippen LogP contribution >= 0.6 is 0 Å². The van der Waals surface area contributed by atoms with E-state index >= 15 is 0 Å². The lowest BCUT2D eigenvalue weighted by Crippen LogP contribution is -2.43. The zero-order valence-electron chi connectivity index (χ0n) is 16.0. The first-order chi connectivity index (χ1) is 12.0. The highest BCUT2D eigenvalue weighted by Gasteiger charge is 2.24. The molecule has 1 aliphatic heterocycles. The number of aromatic nitrogens is 2. The molecule has 5 heteroatoms. The van der Waals surface area contributed by atoms with Crippen molar-refractivity contribution in [1.82, 2.24) is 15.1 Å². The molecule has 0 bridgehead atoms. The molecule has 0 spiro atoms. The summed E-state index contributed by atoms with van der Waals surface area (Å²) in [6.07, 6.45) is 2.28. The maximum atomic E-state index is 5.51. The van der Waals surface area contributed by atoms with E-state index in [1.54, 1.807) is 7.11 Å². The molecule has 1 aromatic carbocycles. The number of benzene rings is 1. The first kappa shape index (κ1) is 17.8. The van der Waals surface area contributed by atoms with Crippen LogP contribution in [0.3, 0.4) is 0 Å². The average molecular weight is 342 g/mol. The molecule has 0 unspecified atom stereocenters. The molecule has 1 atom stereocenters. The Hall–Kier alpha value is -2.01. The van der Waals surface area contributed by atoms with E-state index < -0.39 is 0 Å². The number of rotatable bonds is 5. The van der Waals surface area contributed by atoms with Gasteiger partial charge in [-0.2, -0.15) is 5.10 Å². The van der Waals surface area contributed by atoms with Gasteiger partial charge in [-0.1, -0.05) is 12.1 Å². The summed E-state index contributed by atoms with van der Waals surface area (Å²) in [5.41, 5.74) is 4.93. The number of anilines is 1. The van der Waals surface area contributed by atoms with Crippen molar-refractivity contribution in [3.05, 3.63) is 41.2 Å². The van der Waals surface area contributed by atoms with Crippen molar-refractivity contribution in [2.24, 2.45) is 7.05 Å². The molecule has 0 aliphatic carbocycles. The molecular weight excluding hydrogens is 312 g/mol. The van der Waals surface area contributed by atoms with Crippen LogP contribution in [0.4, 0.5) is 5.69 Å². The van der Waals surface area contributed by atoms with E-state index in [9.17, 15) is 0 Å². The second-order valence-electron chi connectivity index (χ2n) is 7.03. The number of methoxy groups -OCH3 is 1. The molecule has 0 saturated carbocycles. The Kier molecular flexibility index (Phi) is 5.33. The number of para-hydroxylation sites is 2. The standard InChI is InChI=1S/C20H30N4O/c1-14(20-15(2)22-23(4)16(20)3)21-17-10-12-24(13-11-17)18-8-6-7-9-19(18)25-5/h6-9,14,17,21H,10-13H2,1-5H3/t14-/m0/s1. The van der Waals surface area contributed by atoms with Crippen molar-refractivity contribution in [2.45, 2.75) is 45.7 Å². The van der Waals surface area contributed by atoms with E-state index in [1.165, 1.54) is 16.9 Å². The summed E-state index contributed by atoms with van der Waals surface area (Å²) >= 11 is 0. The Morgan fingerprint density at radius 1 is 1.20 bits per heavy atom. The summed E-state index contributed by atoms with van der Waals surface area (Å²) in [5.74, 6) is 0.962. The molecule has 1 N–H and O–H groups in total. The fourth-order valence-corrected chi connectivity index (χ4v) is 4.03. The predicted molar refractivity (Wildman–Crippen MR) is 102 cm³/mol. The van der Waals surface area contributed by atoms with E-state index in [0.717, 1.165) is 37.4 Å². The third-order valence-electron chi connectivity index (χ3n) is 5.40. The predicted octanol–water partition coefficient (Wildman–Crippen LogP) is 3.37. The average Bonchev–Trinajstić information content (AvgIpc) is 2.87. The molecule has 1 fully saturated rings. The van der Waals surface area contributed by atoms with Crippen molar-refractivity contribution in [3.63, 3.8) is 0 Å². The number of piperidine rings is 1. The zero-order chi connectivity index (χ0) is 18.0. The molecule has 5 nitrogen and oxygen atoms in total. The Bertz CT molecular complexity index is 716. The van der Waals surface area contributed by atoms with Crippen LogP contribution in [0.15, 0.2) is 24.3 Å². The van der Waals surface area contributed by atoms with Crippen LogP contribution in [-0.2, 0) is 7.05 Å². The molecule has 0 radical (unpaired) electrons. The third kappa shape index (κ3) is 3.66. The second kappa shape index (κ2) is 7.48. The number of ether oxygens (including phenoxy) is 1. The highest BCUT2D eigenvalue weighted by atomic mass is 16.5. The maximum Gasteiger partial charge on any atom is 0.142 e. The molecule has 0 amide bonds. The molecule has 136 valence electrons. The molecular formula is C20H30N4O. The van der Waals surface area contributed by atoms with Gasteiger partial charge in [-0.3, -0.25) is 4.68 Å². The maximum absolute atomic E-state index is 5.51. The summed E-state index contributed by atoms with van der Waals surface area (Å²) in [7, 11) is 3.76. The number of nitrogens with one attached hydrogen (secondary N) is 1. The molecule has 25 heavy (non-hydrogen) atoms. The van der Waals surface area contributed by atoms with E-state index in [-0.39, 0.29) is 0 Å². The summed E-state index contributed by atoms with van der Waals surface area (Å²) in [6, 6.07) is 9.17. The Balaban J connectivity index is 1.61. The third-order valence-corrected chi connectivity index (χ3v) is 5.40. The van der Waals surface area contributed by atoms with Crippen LogP contribution in [0.25, 0.3) is 0 Å². The Morgan fingerprint density at radius 2 is 1.88 bits per heavy atom. The quantitative estimate of drug-likeness (QED) is 0.905. The van der Waals surface area contributed by atoms with Gasteiger partial charge in [0.25, 0.3) is 0 Å². The topological polar surface area (TPSA) is 42.3 Å². The summed E-state index contributed by atoms with van der Waals surface area (Å²) in [4.78, 5) is 2.43. The lowest BCUT2D eigenvalue weighted by molar-refractivity contribution is 0.374. The highest BCUT2D eigenvalue weighted by Crippen LogP contribution is 2.30. The lowest BCUT2D eigenvalue weighted by Gasteiger charge is -2.36. The fourth-order valence-electron chi connectivity index (χ4n) is 4.03. The lowest BCUT2D eigenvalue weighted by atomic mass is 10.00. The van der Waals surface area contributed by atoms with Crippen molar-refractivity contribution in [2.75, 3.05) is 25.1 Å². The zero-order valence-corrected chi connectivity index (χ0v) is 16.0. The van der Waals surface area contributed by atoms with Crippen LogP contribution in [0.1, 0.15) is 42.8 Å². The number of aryl methyl sites for hydroxylation is 2. The molecule has 1 aromatic heterocycles. The molecule has 1 aliphatic rings. The fraction of sp³-hybridized carbons (Fsp3) is 0.550. The smallest absolute Gasteiger partial charge is 0.142 e. The van der Waals surface area contributed by atoms with Gasteiger partial charge in [0.2, 0.25) is 0 Å². The van der Waals surface area contributed by atoms with Crippen LogP contribution in [0.5, 0.6) is 5.75 Å². The monoisotopic (exact) mass is 342 g/mol. The van der Waals surface area contributed by atoms with Crippen molar-refractivity contribution >= 4 is 5.69 Å². The summed E-state index contributed by atoms with van der Waals surface area (Å²) in [5, 5.41) is 8.37. The molecule has 3 rings (SSSR count). The van der Waals surface area contributed by atoms with Gasteiger partial charge in [-0.15, -0.1) is 0 Å². The van der Waals surface area contributed by atoms with E-state index in [4.69, 9.17) is 4.74 Å². The number of nitrogens with zero attached hydrogens (tertiary/aromatic N) is 3. The Labute approximate surface area is 151 Å². The van der Waals surface area contributed by atoms with Crippen LogP contribution < -0.4 is 15.0 Å². The van der Waals surface area contributed by atoms with Gasteiger partial charge in [0, 0.05) is 43.5 Å². The SMILES string of the molecule is COc1ccccc1N1CCC(N[C@@H](C)c2c(C)nn(C)c2C)CC1. The van der Waals surface area contributed by atoms with Gasteiger partial charge < -0.3 is 15.0 Å². The van der Waals surface area contributed by atoms with Gasteiger partial charge >= 0.3 is 0 Å². The number of hydrogen-bond acceptors (Lipinski definition) is 4. The van der Waals surface area contributed by atoms with Gasteiger partial charge in [0.1, 0.15) is 5.75 Å². The van der Waals surface area contributed by atoms with Gasteiger partial charge in [0.15, 0.2) is 0 Å². The van der Waals surface area contributed by atoms with E-state index in [0.29, 0.717) is 12.1 Å². The molecule has 1 saturated heterocycles. The van der Waals surface area contributed by atoms with Gasteiger partial charge in [-0.25, -0.2) is 0 Å². The largest absolute Gasteiger partial charge is 0.495 e. The molecule has 2 aromatic rings. The van der Waals surface area contributed by atoms with Crippen molar-refractivity contribution in [1.29, 1.82) is 0 Å². The van der Waals surface area contributed by atoms with Crippen molar-refractivity contribution < 1.29 is 4.74 Å². The minimum absolute atomic E-state index is 0.330. The van der Waals surface area contributed by atoms with E-state index in [2.05, 4.69) is 48.2 Å². The van der Waals surface area contributed by atoms with Gasteiger partial charge in [0.05, 0.1) is 18.5 Å². The van der Waals surface area contributed by atoms with Crippen molar-refractivity contribution in [3.8, 4) is 5.75 Å². The van der Waals surface area contributed by atoms with Crippen LogP contribution in [0.2, 0.25) is 0 Å². The second-order valence-corrected chi connectivity index (χ2v) is 7.03. The normalized spacial score (nSPS) is 16.9. The van der Waals surface area contributed by atoms with Gasteiger partial charge in [-0.05, 0) is 45.7 Å². The number of hydrogen-bond donors (Lipinski definition) is 1. The summed E-state index contributed by atoms with van der Waals surface area (Å²) in [6.45, 7) is 8.61. The van der Waals surface area contributed by atoms with Crippen LogP contribution in [0, 0.1) is 13.8 Å². The first-order valence-corrected chi connectivity index (χ1v) is 9.15. The highest BCUT2D eigenvalue weighted by molar-refractivity contribution is 5.58.